The minimum atomic E-state index is -0.348. The van der Waals surface area contributed by atoms with Crippen molar-refractivity contribution in [3.63, 3.8) is 0 Å². The van der Waals surface area contributed by atoms with E-state index in [0.717, 1.165) is 39.1 Å². The minimum Gasteiger partial charge on any atom is -0.377 e. The van der Waals surface area contributed by atoms with Crippen LogP contribution in [0.25, 0.3) is 22.2 Å². The molecule has 3 aromatic heterocycles. The predicted octanol–water partition coefficient (Wildman–Crippen LogP) is 2.46. The summed E-state index contributed by atoms with van der Waals surface area (Å²) in [5.41, 5.74) is 6.93. The fraction of sp³-hybridized carbons (Fsp3) is 0.259. The molecule has 186 valence electrons. The molecule has 0 spiro atoms. The third kappa shape index (κ3) is 3.44. The van der Waals surface area contributed by atoms with Gasteiger partial charge in [0, 0.05) is 37.9 Å². The number of fused-ring (bicyclic) bond motifs is 5. The molecule has 0 bridgehead atoms. The molecule has 3 N–H and O–H groups in total. The van der Waals surface area contributed by atoms with Crippen molar-refractivity contribution in [2.24, 2.45) is 7.05 Å². The first-order valence-corrected chi connectivity index (χ1v) is 12.3. The molecule has 3 aliphatic heterocycles. The summed E-state index contributed by atoms with van der Waals surface area (Å²) in [6.07, 6.45) is 3.80. The highest BCUT2D eigenvalue weighted by atomic mass is 16.5. The van der Waals surface area contributed by atoms with E-state index in [0.29, 0.717) is 49.9 Å². The van der Waals surface area contributed by atoms with E-state index in [1.807, 2.05) is 48.1 Å². The van der Waals surface area contributed by atoms with Gasteiger partial charge in [-0.1, -0.05) is 6.07 Å². The number of anilines is 3. The minimum absolute atomic E-state index is 0.0547. The molecular formula is C27H25N7O3. The van der Waals surface area contributed by atoms with Crippen LogP contribution in [-0.4, -0.2) is 52.1 Å². The van der Waals surface area contributed by atoms with Gasteiger partial charge in [0.1, 0.15) is 17.5 Å². The molecule has 0 unspecified atom stereocenters. The SMILES string of the molecule is Cn1ccc2c(-c3ccc(Nc4ccc5c(n4)CNC(=O)[C@H]4COCCN54)c4c3CNC4=O)ccnc21. The zero-order valence-corrected chi connectivity index (χ0v) is 20.2. The van der Waals surface area contributed by atoms with Crippen LogP contribution in [0.2, 0.25) is 0 Å². The van der Waals surface area contributed by atoms with Crippen LogP contribution in [0.15, 0.2) is 48.8 Å². The van der Waals surface area contributed by atoms with E-state index in [1.165, 1.54) is 0 Å². The van der Waals surface area contributed by atoms with Gasteiger partial charge in [-0.2, -0.15) is 0 Å². The highest BCUT2D eigenvalue weighted by Gasteiger charge is 2.34. The number of benzene rings is 1. The van der Waals surface area contributed by atoms with Crippen molar-refractivity contribution in [3.8, 4) is 11.1 Å². The zero-order chi connectivity index (χ0) is 25.1. The van der Waals surface area contributed by atoms with E-state index >= 15 is 0 Å². The number of hydrogen-bond acceptors (Lipinski definition) is 7. The first-order chi connectivity index (χ1) is 18.1. The van der Waals surface area contributed by atoms with Gasteiger partial charge in [0.05, 0.1) is 42.4 Å². The van der Waals surface area contributed by atoms with Gasteiger partial charge < -0.3 is 30.2 Å². The van der Waals surface area contributed by atoms with Crippen molar-refractivity contribution in [2.75, 3.05) is 30.0 Å². The molecule has 3 aliphatic rings. The lowest BCUT2D eigenvalue weighted by Gasteiger charge is -2.35. The topological polar surface area (TPSA) is 113 Å². The molecule has 1 fully saturated rings. The molecular weight excluding hydrogens is 470 g/mol. The van der Waals surface area contributed by atoms with Crippen LogP contribution < -0.4 is 20.9 Å². The maximum atomic E-state index is 12.9. The molecule has 1 saturated heterocycles. The van der Waals surface area contributed by atoms with Crippen LogP contribution in [0, 0.1) is 0 Å². The quantitative estimate of drug-likeness (QED) is 0.400. The van der Waals surface area contributed by atoms with Gasteiger partial charge in [-0.25, -0.2) is 9.97 Å². The monoisotopic (exact) mass is 495 g/mol. The molecule has 0 saturated carbocycles. The van der Waals surface area contributed by atoms with E-state index in [2.05, 4.69) is 31.9 Å². The van der Waals surface area contributed by atoms with Crippen molar-refractivity contribution in [1.29, 1.82) is 0 Å². The average molecular weight is 496 g/mol. The predicted molar refractivity (Wildman–Crippen MR) is 139 cm³/mol. The second-order valence-electron chi connectivity index (χ2n) is 9.51. The number of amides is 2. The molecule has 10 heteroatoms. The zero-order valence-electron chi connectivity index (χ0n) is 20.2. The fourth-order valence-electron chi connectivity index (χ4n) is 5.59. The fourth-order valence-corrected chi connectivity index (χ4v) is 5.59. The number of nitrogens with one attached hydrogen (secondary N) is 3. The Morgan fingerprint density at radius 3 is 2.89 bits per heavy atom. The largest absolute Gasteiger partial charge is 0.377 e. The number of carbonyl (C=O) groups is 2. The second-order valence-corrected chi connectivity index (χ2v) is 9.51. The van der Waals surface area contributed by atoms with Crippen LogP contribution in [0.5, 0.6) is 0 Å². The van der Waals surface area contributed by atoms with Crippen molar-refractivity contribution in [1.82, 2.24) is 25.2 Å². The highest BCUT2D eigenvalue weighted by Crippen LogP contribution is 2.38. The number of carbonyl (C=O) groups excluding carboxylic acids is 2. The van der Waals surface area contributed by atoms with Crippen molar-refractivity contribution < 1.29 is 14.3 Å². The Bertz CT molecular complexity index is 1590. The lowest BCUT2D eigenvalue weighted by Crippen LogP contribution is -2.52. The summed E-state index contributed by atoms with van der Waals surface area (Å²) in [6, 6.07) is 11.6. The van der Waals surface area contributed by atoms with Gasteiger partial charge in [-0.05, 0) is 47.0 Å². The number of hydrogen-bond donors (Lipinski definition) is 3. The molecule has 7 rings (SSSR count). The summed E-state index contributed by atoms with van der Waals surface area (Å²) in [5, 5.41) is 10.4. The Labute approximate surface area is 212 Å². The summed E-state index contributed by atoms with van der Waals surface area (Å²) in [6.45, 7) is 2.37. The van der Waals surface area contributed by atoms with E-state index in [9.17, 15) is 9.59 Å². The Hall–Kier alpha value is -4.44. The molecule has 10 nitrogen and oxygen atoms in total. The molecule has 0 radical (unpaired) electrons. The maximum absolute atomic E-state index is 12.9. The smallest absolute Gasteiger partial charge is 0.254 e. The third-order valence-corrected chi connectivity index (χ3v) is 7.41. The number of morpholine rings is 1. The Kier molecular flexibility index (Phi) is 4.90. The molecule has 1 atom stereocenters. The van der Waals surface area contributed by atoms with E-state index < -0.39 is 0 Å². The van der Waals surface area contributed by atoms with E-state index in [-0.39, 0.29) is 17.9 Å². The number of nitrogens with zero attached hydrogens (tertiary/aromatic N) is 4. The maximum Gasteiger partial charge on any atom is 0.254 e. The number of aryl methyl sites for hydroxylation is 1. The van der Waals surface area contributed by atoms with Crippen LogP contribution in [0.3, 0.4) is 0 Å². The summed E-state index contributed by atoms with van der Waals surface area (Å²) in [5.74, 6) is 0.445. The second kappa shape index (κ2) is 8.31. The molecule has 0 aliphatic carbocycles. The van der Waals surface area contributed by atoms with E-state index in [4.69, 9.17) is 9.72 Å². The normalized spacial score (nSPS) is 18.5. The molecule has 6 heterocycles. The van der Waals surface area contributed by atoms with Crippen molar-refractivity contribution in [3.05, 3.63) is 65.6 Å². The highest BCUT2D eigenvalue weighted by molar-refractivity contribution is 6.07. The van der Waals surface area contributed by atoms with Crippen molar-refractivity contribution in [2.45, 2.75) is 19.1 Å². The average Bonchev–Trinajstić information content (AvgIpc) is 3.47. The van der Waals surface area contributed by atoms with Gasteiger partial charge in [0.15, 0.2) is 0 Å². The first kappa shape index (κ1) is 21.8. The Balaban J connectivity index is 1.26. The molecule has 1 aromatic carbocycles. The number of ether oxygens (including phenoxy) is 1. The van der Waals surface area contributed by atoms with Gasteiger partial charge in [-0.3, -0.25) is 9.59 Å². The van der Waals surface area contributed by atoms with Crippen LogP contribution >= 0.6 is 0 Å². The lowest BCUT2D eigenvalue weighted by atomic mass is 9.94. The third-order valence-electron chi connectivity index (χ3n) is 7.41. The lowest BCUT2D eigenvalue weighted by molar-refractivity contribution is -0.124. The number of pyridine rings is 2. The van der Waals surface area contributed by atoms with Crippen LogP contribution in [-0.2, 0) is 29.7 Å². The Morgan fingerprint density at radius 2 is 1.97 bits per heavy atom. The summed E-state index contributed by atoms with van der Waals surface area (Å²) in [7, 11) is 1.97. The molecule has 2 amide bonds. The van der Waals surface area contributed by atoms with Crippen molar-refractivity contribution >= 4 is 40.0 Å². The van der Waals surface area contributed by atoms with Gasteiger partial charge >= 0.3 is 0 Å². The Morgan fingerprint density at radius 1 is 1.05 bits per heavy atom. The van der Waals surface area contributed by atoms with Gasteiger partial charge in [0.25, 0.3) is 5.91 Å². The molecule has 4 aromatic rings. The number of rotatable bonds is 3. The standard InChI is InChI=1S/C27H25N7O3/c1-33-9-7-17-16(6-8-28-25(17)33)15-2-3-19(24-18(15)12-29-27(24)36)31-23-5-4-21-20(32-23)13-30-26(35)22-14-37-11-10-34(21)22/h2-9,22H,10-14H2,1H3,(H,29,36)(H,30,35)(H,31,32)/t22-/m1/s1. The molecule has 37 heavy (non-hydrogen) atoms. The number of aromatic nitrogens is 3. The van der Waals surface area contributed by atoms with Gasteiger partial charge in [-0.15, -0.1) is 0 Å². The van der Waals surface area contributed by atoms with Crippen LogP contribution in [0.1, 0.15) is 21.6 Å². The van der Waals surface area contributed by atoms with E-state index in [1.54, 1.807) is 6.20 Å². The van der Waals surface area contributed by atoms with Gasteiger partial charge in [0.2, 0.25) is 5.91 Å². The first-order valence-electron chi connectivity index (χ1n) is 12.3. The van der Waals surface area contributed by atoms with Crippen LogP contribution in [0.4, 0.5) is 17.2 Å². The summed E-state index contributed by atoms with van der Waals surface area (Å²) >= 11 is 0. The summed E-state index contributed by atoms with van der Waals surface area (Å²) in [4.78, 5) is 36.9. The summed E-state index contributed by atoms with van der Waals surface area (Å²) < 4.78 is 7.51.